The summed E-state index contributed by atoms with van der Waals surface area (Å²) < 4.78 is 6.25. The van der Waals surface area contributed by atoms with E-state index in [0.717, 1.165) is 41.8 Å². The summed E-state index contributed by atoms with van der Waals surface area (Å²) in [6.07, 6.45) is 4.16. The van der Waals surface area contributed by atoms with Gasteiger partial charge in [0.2, 0.25) is 0 Å². The summed E-state index contributed by atoms with van der Waals surface area (Å²) in [6, 6.07) is 1.92. The average Bonchev–Trinajstić information content (AvgIpc) is 2.39. The maximum Gasteiger partial charge on any atom is 0.134 e. The van der Waals surface area contributed by atoms with Gasteiger partial charge >= 0.3 is 0 Å². The van der Waals surface area contributed by atoms with Crippen LogP contribution in [0.2, 0.25) is 0 Å². The van der Waals surface area contributed by atoms with Gasteiger partial charge in [-0.1, -0.05) is 0 Å². The lowest BCUT2D eigenvalue weighted by Gasteiger charge is -2.33. The Kier molecular flexibility index (Phi) is 4.36. The molecule has 1 fully saturated rings. The summed E-state index contributed by atoms with van der Waals surface area (Å²) in [7, 11) is 1.76. The van der Waals surface area contributed by atoms with E-state index >= 15 is 0 Å². The Morgan fingerprint density at radius 3 is 2.82 bits per heavy atom. The summed E-state index contributed by atoms with van der Waals surface area (Å²) in [5.41, 5.74) is 0.871. The fourth-order valence-electron chi connectivity index (χ4n) is 2.18. The van der Waals surface area contributed by atoms with Crippen LogP contribution in [0.25, 0.3) is 0 Å². The average molecular weight is 301 g/mol. The summed E-state index contributed by atoms with van der Waals surface area (Å²) in [5.74, 6) is 0.894. The molecule has 0 aromatic carbocycles. The zero-order valence-electron chi connectivity index (χ0n) is 9.90. The second-order valence-corrected chi connectivity index (χ2v) is 5.13. The molecule has 1 aliphatic rings. The van der Waals surface area contributed by atoms with Crippen LogP contribution in [0.15, 0.2) is 16.7 Å². The van der Waals surface area contributed by atoms with Gasteiger partial charge in [0.1, 0.15) is 5.82 Å². The molecule has 0 radical (unpaired) electrons. The van der Waals surface area contributed by atoms with Crippen molar-refractivity contribution in [1.82, 2.24) is 4.98 Å². The predicted molar refractivity (Wildman–Crippen MR) is 70.1 cm³/mol. The molecule has 5 heteroatoms. The molecule has 0 atom stereocenters. The second-order valence-electron chi connectivity index (χ2n) is 4.22. The molecule has 17 heavy (non-hydrogen) atoms. The van der Waals surface area contributed by atoms with Crippen molar-refractivity contribution in [2.45, 2.75) is 25.6 Å². The third kappa shape index (κ3) is 2.97. The smallest absolute Gasteiger partial charge is 0.134 e. The van der Waals surface area contributed by atoms with Crippen LogP contribution in [0.4, 0.5) is 5.82 Å². The topological polar surface area (TPSA) is 45.6 Å². The number of piperidine rings is 1. The lowest BCUT2D eigenvalue weighted by Crippen LogP contribution is -2.37. The van der Waals surface area contributed by atoms with Gasteiger partial charge in [-0.2, -0.15) is 0 Å². The van der Waals surface area contributed by atoms with Crippen molar-refractivity contribution in [3.8, 4) is 0 Å². The number of anilines is 1. The fraction of sp³-hybridized carbons (Fsp3) is 0.583. The minimum Gasteiger partial charge on any atom is -0.392 e. The first kappa shape index (κ1) is 12.8. The SMILES string of the molecule is COC1CCN(c2ncc(Br)cc2CO)CC1. The Balaban J connectivity index is 2.12. The number of halogens is 1. The highest BCUT2D eigenvalue weighted by Crippen LogP contribution is 2.25. The number of aliphatic hydroxyl groups is 1. The molecule has 0 unspecified atom stereocenters. The van der Waals surface area contributed by atoms with E-state index in [1.54, 1.807) is 13.3 Å². The molecule has 0 saturated carbocycles. The van der Waals surface area contributed by atoms with Gasteiger partial charge in [0.25, 0.3) is 0 Å². The largest absolute Gasteiger partial charge is 0.392 e. The number of hydrogen-bond acceptors (Lipinski definition) is 4. The molecule has 1 aromatic rings. The van der Waals surface area contributed by atoms with Crippen LogP contribution in [0.1, 0.15) is 18.4 Å². The number of ether oxygens (including phenoxy) is 1. The van der Waals surface area contributed by atoms with Gasteiger partial charge in [-0.3, -0.25) is 0 Å². The minimum atomic E-state index is 0.0198. The number of aliphatic hydroxyl groups excluding tert-OH is 1. The number of methoxy groups -OCH3 is 1. The van der Waals surface area contributed by atoms with Crippen molar-refractivity contribution in [1.29, 1.82) is 0 Å². The number of aromatic nitrogens is 1. The highest BCUT2D eigenvalue weighted by molar-refractivity contribution is 9.10. The first-order valence-electron chi connectivity index (χ1n) is 5.77. The van der Waals surface area contributed by atoms with Gasteiger partial charge < -0.3 is 14.7 Å². The molecular formula is C12H17BrN2O2. The van der Waals surface area contributed by atoms with E-state index in [9.17, 15) is 5.11 Å². The number of nitrogens with zero attached hydrogens (tertiary/aromatic N) is 2. The molecule has 0 amide bonds. The van der Waals surface area contributed by atoms with Crippen LogP contribution in [-0.4, -0.2) is 36.4 Å². The Labute approximate surface area is 110 Å². The standard InChI is InChI=1S/C12H17BrN2O2/c1-17-11-2-4-15(5-3-11)12-9(8-16)6-10(13)7-14-12/h6-7,11,16H,2-5,8H2,1H3. The van der Waals surface area contributed by atoms with Crippen molar-refractivity contribution >= 4 is 21.7 Å². The third-order valence-corrected chi connectivity index (χ3v) is 3.59. The van der Waals surface area contributed by atoms with Crippen molar-refractivity contribution in [2.24, 2.45) is 0 Å². The van der Waals surface area contributed by atoms with E-state index in [1.165, 1.54) is 0 Å². The summed E-state index contributed by atoms with van der Waals surface area (Å²) in [5, 5.41) is 9.36. The summed E-state index contributed by atoms with van der Waals surface area (Å²) in [4.78, 5) is 6.62. The molecule has 1 saturated heterocycles. The number of pyridine rings is 1. The molecule has 1 aliphatic heterocycles. The highest BCUT2D eigenvalue weighted by atomic mass is 79.9. The second kappa shape index (κ2) is 5.80. The number of rotatable bonds is 3. The molecule has 0 spiro atoms. The first-order chi connectivity index (χ1) is 8.24. The molecule has 4 nitrogen and oxygen atoms in total. The quantitative estimate of drug-likeness (QED) is 0.927. The Bertz CT molecular complexity index is 379. The summed E-state index contributed by atoms with van der Waals surface area (Å²) in [6.45, 7) is 1.88. The van der Waals surface area contributed by atoms with Gasteiger partial charge in [0, 0.05) is 36.4 Å². The molecule has 0 aliphatic carbocycles. The first-order valence-corrected chi connectivity index (χ1v) is 6.57. The van der Waals surface area contributed by atoms with E-state index in [4.69, 9.17) is 4.74 Å². The lowest BCUT2D eigenvalue weighted by atomic mass is 10.1. The monoisotopic (exact) mass is 300 g/mol. The maximum atomic E-state index is 9.36. The molecule has 2 rings (SSSR count). The molecular weight excluding hydrogens is 284 g/mol. The van der Waals surface area contributed by atoms with Gasteiger partial charge in [-0.25, -0.2) is 4.98 Å². The van der Waals surface area contributed by atoms with Gasteiger partial charge in [-0.05, 0) is 34.8 Å². The minimum absolute atomic E-state index is 0.0198. The van der Waals surface area contributed by atoms with Crippen LogP contribution in [0.5, 0.6) is 0 Å². The maximum absolute atomic E-state index is 9.36. The Morgan fingerprint density at radius 2 is 2.24 bits per heavy atom. The predicted octanol–water partition coefficient (Wildman–Crippen LogP) is 1.95. The molecule has 1 N–H and O–H groups in total. The normalized spacial score (nSPS) is 17.5. The number of hydrogen-bond donors (Lipinski definition) is 1. The molecule has 0 bridgehead atoms. The van der Waals surface area contributed by atoms with Crippen molar-refractivity contribution < 1.29 is 9.84 Å². The molecule has 2 heterocycles. The molecule has 94 valence electrons. The van der Waals surface area contributed by atoms with Gasteiger partial charge in [-0.15, -0.1) is 0 Å². The van der Waals surface area contributed by atoms with Crippen molar-refractivity contribution in [3.63, 3.8) is 0 Å². The van der Waals surface area contributed by atoms with Crippen molar-refractivity contribution in [3.05, 3.63) is 22.3 Å². The highest BCUT2D eigenvalue weighted by Gasteiger charge is 2.21. The van der Waals surface area contributed by atoms with E-state index in [0.29, 0.717) is 6.10 Å². The van der Waals surface area contributed by atoms with Gasteiger partial charge in [0.15, 0.2) is 0 Å². The molecule has 1 aromatic heterocycles. The Morgan fingerprint density at radius 1 is 1.53 bits per heavy atom. The van der Waals surface area contributed by atoms with Crippen LogP contribution < -0.4 is 4.90 Å². The van der Waals surface area contributed by atoms with Gasteiger partial charge in [0.05, 0.1) is 12.7 Å². The van der Waals surface area contributed by atoms with E-state index < -0.39 is 0 Å². The van der Waals surface area contributed by atoms with Crippen LogP contribution in [0.3, 0.4) is 0 Å². The van der Waals surface area contributed by atoms with E-state index in [-0.39, 0.29) is 6.61 Å². The van der Waals surface area contributed by atoms with Crippen LogP contribution in [0, 0.1) is 0 Å². The van der Waals surface area contributed by atoms with E-state index in [1.807, 2.05) is 6.07 Å². The zero-order valence-corrected chi connectivity index (χ0v) is 11.5. The fourth-order valence-corrected chi connectivity index (χ4v) is 2.56. The third-order valence-electron chi connectivity index (χ3n) is 3.15. The lowest BCUT2D eigenvalue weighted by molar-refractivity contribution is 0.0817. The van der Waals surface area contributed by atoms with Crippen molar-refractivity contribution in [2.75, 3.05) is 25.1 Å². The van der Waals surface area contributed by atoms with E-state index in [2.05, 4.69) is 25.8 Å². The zero-order chi connectivity index (χ0) is 12.3. The van der Waals surface area contributed by atoms with Crippen LogP contribution >= 0.6 is 15.9 Å². The summed E-state index contributed by atoms with van der Waals surface area (Å²) >= 11 is 3.37. The van der Waals surface area contributed by atoms with Crippen LogP contribution in [-0.2, 0) is 11.3 Å². The Hall–Kier alpha value is -0.650.